The quantitative estimate of drug-likeness (QED) is 0.744. The van der Waals surface area contributed by atoms with Crippen molar-refractivity contribution in [3.63, 3.8) is 0 Å². The average molecular weight is 226 g/mol. The molecule has 0 radical (unpaired) electrons. The number of hydrogen-bond acceptors (Lipinski definition) is 3. The third kappa shape index (κ3) is 3.76. The smallest absolute Gasteiger partial charge is 0.257 e. The summed E-state index contributed by atoms with van der Waals surface area (Å²) in [4.78, 5) is 11.2. The number of amides is 1. The van der Waals surface area contributed by atoms with Gasteiger partial charge in [0.15, 0.2) is 6.61 Å². The van der Waals surface area contributed by atoms with Crippen LogP contribution >= 0.6 is 0 Å². The van der Waals surface area contributed by atoms with E-state index in [9.17, 15) is 9.18 Å². The number of nitrogens with one attached hydrogen (secondary N) is 1. The Labute approximate surface area is 93.6 Å². The molecule has 0 fully saturated rings. The van der Waals surface area contributed by atoms with Crippen molar-refractivity contribution >= 4 is 11.6 Å². The van der Waals surface area contributed by atoms with Gasteiger partial charge in [-0.15, -0.1) is 0 Å². The Morgan fingerprint density at radius 1 is 1.56 bits per heavy atom. The molecule has 0 unspecified atom stereocenters. The molecular formula is C11H15FN2O2. The molecule has 0 aliphatic heterocycles. The van der Waals surface area contributed by atoms with E-state index >= 15 is 0 Å². The lowest BCUT2D eigenvalue weighted by molar-refractivity contribution is -0.123. The second kappa shape index (κ2) is 5.95. The van der Waals surface area contributed by atoms with Crippen molar-refractivity contribution in [1.29, 1.82) is 0 Å². The van der Waals surface area contributed by atoms with Crippen LogP contribution in [0.3, 0.4) is 0 Å². The van der Waals surface area contributed by atoms with Crippen LogP contribution in [0.1, 0.15) is 13.3 Å². The summed E-state index contributed by atoms with van der Waals surface area (Å²) in [5, 5.41) is 2.65. The molecule has 1 rings (SSSR count). The Morgan fingerprint density at radius 3 is 2.94 bits per heavy atom. The molecule has 0 aromatic heterocycles. The highest BCUT2D eigenvalue weighted by Gasteiger charge is 2.05. The molecule has 5 heteroatoms. The standard InChI is InChI=1S/C11H15FN2O2/c1-2-5-14-11(15)7-16-10-4-3-8(12)6-9(10)13/h3-4,6H,2,5,7,13H2,1H3,(H,14,15). The first kappa shape index (κ1) is 12.3. The molecule has 3 N–H and O–H groups in total. The molecule has 1 amide bonds. The van der Waals surface area contributed by atoms with Crippen molar-refractivity contribution < 1.29 is 13.9 Å². The molecule has 0 bridgehead atoms. The van der Waals surface area contributed by atoms with Gasteiger partial charge in [0.1, 0.15) is 11.6 Å². The molecule has 1 aromatic rings. The number of carbonyl (C=O) groups is 1. The molecule has 1 aromatic carbocycles. The lowest BCUT2D eigenvalue weighted by atomic mass is 10.3. The zero-order chi connectivity index (χ0) is 12.0. The number of halogens is 1. The van der Waals surface area contributed by atoms with Crippen molar-refractivity contribution in [3.8, 4) is 5.75 Å². The number of benzene rings is 1. The fraction of sp³-hybridized carbons (Fsp3) is 0.364. The second-order valence-electron chi connectivity index (χ2n) is 3.32. The minimum absolute atomic E-state index is 0.115. The number of carbonyl (C=O) groups excluding carboxylic acids is 1. The van der Waals surface area contributed by atoms with Crippen LogP contribution in [0.25, 0.3) is 0 Å². The molecule has 0 aliphatic rings. The highest BCUT2D eigenvalue weighted by molar-refractivity contribution is 5.77. The largest absolute Gasteiger partial charge is 0.482 e. The molecule has 0 aliphatic carbocycles. The third-order valence-corrected chi connectivity index (χ3v) is 1.90. The monoisotopic (exact) mass is 226 g/mol. The van der Waals surface area contributed by atoms with Crippen LogP contribution in [-0.4, -0.2) is 19.1 Å². The Bertz CT molecular complexity index is 369. The molecule has 0 saturated carbocycles. The van der Waals surface area contributed by atoms with E-state index in [4.69, 9.17) is 10.5 Å². The summed E-state index contributed by atoms with van der Waals surface area (Å²) in [6, 6.07) is 3.78. The lowest BCUT2D eigenvalue weighted by Gasteiger charge is -2.08. The van der Waals surface area contributed by atoms with Crippen LogP contribution in [-0.2, 0) is 4.79 Å². The number of anilines is 1. The average Bonchev–Trinajstić information content (AvgIpc) is 2.25. The van der Waals surface area contributed by atoms with Gasteiger partial charge in [0.2, 0.25) is 0 Å². The maximum atomic E-state index is 12.7. The fourth-order valence-electron chi connectivity index (χ4n) is 1.11. The molecule has 0 heterocycles. The number of ether oxygens (including phenoxy) is 1. The molecule has 0 atom stereocenters. The van der Waals surface area contributed by atoms with E-state index < -0.39 is 5.82 Å². The first-order chi connectivity index (χ1) is 7.63. The minimum atomic E-state index is -0.430. The molecule has 16 heavy (non-hydrogen) atoms. The molecule has 0 spiro atoms. The first-order valence-electron chi connectivity index (χ1n) is 5.08. The van der Waals surface area contributed by atoms with Crippen LogP contribution in [0.15, 0.2) is 18.2 Å². The Hall–Kier alpha value is -1.78. The molecule has 4 nitrogen and oxygen atoms in total. The molecular weight excluding hydrogens is 211 g/mol. The van der Waals surface area contributed by atoms with Crippen LogP contribution in [0.5, 0.6) is 5.75 Å². The van der Waals surface area contributed by atoms with Crippen molar-refractivity contribution in [3.05, 3.63) is 24.0 Å². The zero-order valence-electron chi connectivity index (χ0n) is 9.13. The minimum Gasteiger partial charge on any atom is -0.482 e. The summed E-state index contributed by atoms with van der Waals surface area (Å²) in [5.74, 6) is -0.334. The van der Waals surface area contributed by atoms with Gasteiger partial charge in [-0.1, -0.05) is 6.92 Å². The second-order valence-corrected chi connectivity index (χ2v) is 3.32. The van der Waals surface area contributed by atoms with Crippen LogP contribution < -0.4 is 15.8 Å². The maximum Gasteiger partial charge on any atom is 0.257 e. The Kier molecular flexibility index (Phi) is 4.57. The number of nitrogen functional groups attached to an aromatic ring is 1. The van der Waals surface area contributed by atoms with Gasteiger partial charge in [0, 0.05) is 12.6 Å². The van der Waals surface area contributed by atoms with Crippen LogP contribution in [0, 0.1) is 5.82 Å². The van der Waals surface area contributed by atoms with Gasteiger partial charge in [0.05, 0.1) is 5.69 Å². The van der Waals surface area contributed by atoms with E-state index in [0.717, 1.165) is 12.5 Å². The van der Waals surface area contributed by atoms with Crippen molar-refractivity contribution in [1.82, 2.24) is 5.32 Å². The van der Waals surface area contributed by atoms with Crippen molar-refractivity contribution in [2.45, 2.75) is 13.3 Å². The van der Waals surface area contributed by atoms with Gasteiger partial charge in [-0.05, 0) is 18.6 Å². The number of rotatable bonds is 5. The van der Waals surface area contributed by atoms with Gasteiger partial charge < -0.3 is 15.8 Å². The summed E-state index contributed by atoms with van der Waals surface area (Å²) in [7, 11) is 0. The fourth-order valence-corrected chi connectivity index (χ4v) is 1.11. The van der Waals surface area contributed by atoms with Gasteiger partial charge in [0.25, 0.3) is 5.91 Å². The van der Waals surface area contributed by atoms with Gasteiger partial charge in [-0.25, -0.2) is 4.39 Å². The molecule has 0 saturated heterocycles. The highest BCUT2D eigenvalue weighted by Crippen LogP contribution is 2.21. The van der Waals surface area contributed by atoms with Crippen molar-refractivity contribution in [2.75, 3.05) is 18.9 Å². The topological polar surface area (TPSA) is 64.3 Å². The van der Waals surface area contributed by atoms with E-state index in [2.05, 4.69) is 5.32 Å². The van der Waals surface area contributed by atoms with Gasteiger partial charge >= 0.3 is 0 Å². The summed E-state index contributed by atoms with van der Waals surface area (Å²) < 4.78 is 17.8. The summed E-state index contributed by atoms with van der Waals surface area (Å²) >= 11 is 0. The van der Waals surface area contributed by atoms with Crippen LogP contribution in [0.2, 0.25) is 0 Å². The lowest BCUT2D eigenvalue weighted by Crippen LogP contribution is -2.29. The maximum absolute atomic E-state index is 12.7. The van der Waals surface area contributed by atoms with E-state index in [-0.39, 0.29) is 18.2 Å². The highest BCUT2D eigenvalue weighted by atomic mass is 19.1. The summed E-state index contributed by atoms with van der Waals surface area (Å²) in [6.45, 7) is 2.45. The van der Waals surface area contributed by atoms with Gasteiger partial charge in [-0.3, -0.25) is 4.79 Å². The number of hydrogen-bond donors (Lipinski definition) is 2. The zero-order valence-corrected chi connectivity index (χ0v) is 9.13. The predicted octanol–water partition coefficient (Wildman–Crippen LogP) is 1.31. The van der Waals surface area contributed by atoms with E-state index in [0.29, 0.717) is 12.3 Å². The van der Waals surface area contributed by atoms with Crippen LogP contribution in [0.4, 0.5) is 10.1 Å². The normalized spacial score (nSPS) is 9.88. The Morgan fingerprint density at radius 2 is 2.31 bits per heavy atom. The summed E-state index contributed by atoms with van der Waals surface area (Å²) in [5.41, 5.74) is 5.69. The van der Waals surface area contributed by atoms with E-state index in [1.165, 1.54) is 12.1 Å². The first-order valence-corrected chi connectivity index (χ1v) is 5.08. The Balaban J connectivity index is 2.45. The molecule has 88 valence electrons. The van der Waals surface area contributed by atoms with Gasteiger partial charge in [-0.2, -0.15) is 0 Å². The van der Waals surface area contributed by atoms with Crippen molar-refractivity contribution in [2.24, 2.45) is 0 Å². The number of nitrogens with two attached hydrogens (primary N) is 1. The SMILES string of the molecule is CCCNC(=O)COc1ccc(F)cc1N. The van der Waals surface area contributed by atoms with E-state index in [1.807, 2.05) is 6.92 Å². The third-order valence-electron chi connectivity index (χ3n) is 1.90. The summed E-state index contributed by atoms with van der Waals surface area (Å²) in [6.07, 6.45) is 0.866. The van der Waals surface area contributed by atoms with E-state index in [1.54, 1.807) is 0 Å². The predicted molar refractivity (Wildman–Crippen MR) is 59.6 cm³/mol.